The molecule has 0 bridgehead atoms. The first-order valence-electron chi connectivity index (χ1n) is 19.1. The van der Waals surface area contributed by atoms with Crippen LogP contribution in [-0.2, 0) is 5.66 Å². The van der Waals surface area contributed by atoms with Crippen LogP contribution >= 0.6 is 0 Å². The molecule has 0 saturated carbocycles. The van der Waals surface area contributed by atoms with E-state index in [1.807, 2.05) is 72.8 Å². The number of hydrogen-bond donors (Lipinski definition) is 0. The molecule has 0 amide bonds. The van der Waals surface area contributed by atoms with Crippen molar-refractivity contribution in [1.82, 2.24) is 19.9 Å². The van der Waals surface area contributed by atoms with Gasteiger partial charge in [-0.1, -0.05) is 194 Å². The predicted molar refractivity (Wildman–Crippen MR) is 230 cm³/mol. The SMILES string of the molecule is c1ccc(-c2cc(-c3ccccc3)nc(N3c4ccccc4N(c4nc(-c5ccccc5)cc(-c5ccccc5)n4)C3(c3ccccc3)c3ccccc3)n2)cc1. The predicted octanol–water partition coefficient (Wildman–Crippen LogP) is 12.1. The Balaban J connectivity index is 1.32. The number of nitrogens with zero attached hydrogens (tertiary/aromatic N) is 6. The maximum absolute atomic E-state index is 5.46. The van der Waals surface area contributed by atoms with Gasteiger partial charge in [0.15, 0.2) is 5.66 Å². The van der Waals surface area contributed by atoms with E-state index in [1.54, 1.807) is 0 Å². The lowest BCUT2D eigenvalue weighted by atomic mass is 9.88. The summed E-state index contributed by atoms with van der Waals surface area (Å²) in [5.74, 6) is 1.08. The smallest absolute Gasteiger partial charge is 0.233 e. The molecule has 3 heterocycles. The maximum atomic E-state index is 5.46. The second kappa shape index (κ2) is 14.5. The highest BCUT2D eigenvalue weighted by molar-refractivity contribution is 5.91. The van der Waals surface area contributed by atoms with Crippen LogP contribution in [0.4, 0.5) is 23.3 Å². The van der Waals surface area contributed by atoms with Crippen molar-refractivity contribution in [3.63, 3.8) is 0 Å². The van der Waals surface area contributed by atoms with Gasteiger partial charge in [-0.2, -0.15) is 0 Å². The molecule has 0 aliphatic carbocycles. The fraction of sp³-hybridized carbons (Fsp3) is 0.0196. The zero-order chi connectivity index (χ0) is 38.0. The van der Waals surface area contributed by atoms with Crippen LogP contribution < -0.4 is 9.80 Å². The van der Waals surface area contributed by atoms with Crippen LogP contribution in [-0.4, -0.2) is 19.9 Å². The van der Waals surface area contributed by atoms with Gasteiger partial charge in [-0.3, -0.25) is 9.80 Å². The average Bonchev–Trinajstić information content (AvgIpc) is 3.62. The summed E-state index contributed by atoms with van der Waals surface area (Å²) < 4.78 is 0. The Morgan fingerprint density at radius 2 is 0.526 bits per heavy atom. The molecular weight excluding hydrogens is 697 g/mol. The summed E-state index contributed by atoms with van der Waals surface area (Å²) in [5.41, 5.74) is 10.0. The van der Waals surface area contributed by atoms with Crippen molar-refractivity contribution in [3.05, 3.63) is 230 Å². The van der Waals surface area contributed by atoms with Gasteiger partial charge in [0, 0.05) is 33.4 Å². The molecule has 9 aromatic rings. The highest BCUT2D eigenvalue weighted by Gasteiger charge is 2.56. The van der Waals surface area contributed by atoms with Crippen LogP contribution in [0.2, 0.25) is 0 Å². The first-order valence-corrected chi connectivity index (χ1v) is 19.1. The summed E-state index contributed by atoms with van der Waals surface area (Å²) in [6.07, 6.45) is 0. The molecule has 0 saturated heterocycles. The van der Waals surface area contributed by atoms with Gasteiger partial charge in [-0.05, 0) is 24.3 Å². The van der Waals surface area contributed by atoms with Crippen LogP contribution in [0.25, 0.3) is 45.0 Å². The third kappa shape index (κ3) is 6.01. The molecule has 0 spiro atoms. The molecular formula is C51H36N6. The van der Waals surface area contributed by atoms with E-state index in [4.69, 9.17) is 19.9 Å². The van der Waals surface area contributed by atoms with E-state index in [2.05, 4.69) is 155 Å². The Labute approximate surface area is 332 Å². The molecule has 1 aliphatic heterocycles. The monoisotopic (exact) mass is 732 g/mol. The number of benzene rings is 7. The quantitative estimate of drug-likeness (QED) is 0.155. The number of fused-ring (bicyclic) bond motifs is 1. The maximum Gasteiger partial charge on any atom is 0.233 e. The Morgan fingerprint density at radius 3 is 0.807 bits per heavy atom. The number of aromatic nitrogens is 4. The fourth-order valence-electron chi connectivity index (χ4n) is 7.92. The molecule has 0 fully saturated rings. The highest BCUT2D eigenvalue weighted by Crippen LogP contribution is 2.58. The minimum atomic E-state index is -1.10. The summed E-state index contributed by atoms with van der Waals surface area (Å²) in [7, 11) is 0. The van der Waals surface area contributed by atoms with E-state index >= 15 is 0 Å². The van der Waals surface area contributed by atoms with Gasteiger partial charge in [-0.25, -0.2) is 19.9 Å². The summed E-state index contributed by atoms with van der Waals surface area (Å²) in [5, 5.41) is 0. The molecule has 0 N–H and O–H groups in total. The molecule has 0 radical (unpaired) electrons. The van der Waals surface area contributed by atoms with Gasteiger partial charge < -0.3 is 0 Å². The van der Waals surface area contributed by atoms with Gasteiger partial charge in [-0.15, -0.1) is 0 Å². The van der Waals surface area contributed by atoms with E-state index in [0.717, 1.165) is 67.5 Å². The minimum absolute atomic E-state index is 0.542. The van der Waals surface area contributed by atoms with Gasteiger partial charge in [0.25, 0.3) is 0 Å². The molecule has 57 heavy (non-hydrogen) atoms. The third-order valence-electron chi connectivity index (χ3n) is 10.5. The van der Waals surface area contributed by atoms with E-state index in [9.17, 15) is 0 Å². The van der Waals surface area contributed by atoms with Crippen LogP contribution in [0.15, 0.2) is 218 Å². The number of hydrogen-bond acceptors (Lipinski definition) is 6. The summed E-state index contributed by atoms with van der Waals surface area (Å²) in [6.45, 7) is 0. The zero-order valence-corrected chi connectivity index (χ0v) is 31.0. The van der Waals surface area contributed by atoms with Gasteiger partial charge in [0.05, 0.1) is 34.2 Å². The Morgan fingerprint density at radius 1 is 0.281 bits per heavy atom. The van der Waals surface area contributed by atoms with Crippen molar-refractivity contribution in [2.24, 2.45) is 0 Å². The van der Waals surface area contributed by atoms with Crippen molar-refractivity contribution in [1.29, 1.82) is 0 Å². The molecule has 10 rings (SSSR count). The Hall–Kier alpha value is -7.70. The fourth-order valence-corrected chi connectivity index (χ4v) is 7.92. The summed E-state index contributed by atoms with van der Waals surface area (Å²) >= 11 is 0. The number of anilines is 4. The highest BCUT2D eigenvalue weighted by atomic mass is 15.5. The third-order valence-corrected chi connectivity index (χ3v) is 10.5. The van der Waals surface area contributed by atoms with Crippen LogP contribution in [0.5, 0.6) is 0 Å². The number of rotatable bonds is 8. The van der Waals surface area contributed by atoms with Crippen molar-refractivity contribution < 1.29 is 0 Å². The first kappa shape index (κ1) is 33.8. The number of para-hydroxylation sites is 2. The molecule has 0 atom stereocenters. The topological polar surface area (TPSA) is 58.0 Å². The molecule has 6 heteroatoms. The Bertz CT molecular complexity index is 2470. The summed E-state index contributed by atoms with van der Waals surface area (Å²) in [4.78, 5) is 26.4. The van der Waals surface area contributed by atoms with Crippen LogP contribution in [0.3, 0.4) is 0 Å². The van der Waals surface area contributed by atoms with Crippen molar-refractivity contribution in [3.8, 4) is 45.0 Å². The Kier molecular flexibility index (Phi) is 8.61. The van der Waals surface area contributed by atoms with Crippen molar-refractivity contribution in [2.75, 3.05) is 9.80 Å². The second-order valence-corrected chi connectivity index (χ2v) is 13.9. The zero-order valence-electron chi connectivity index (χ0n) is 31.0. The summed E-state index contributed by atoms with van der Waals surface area (Å²) in [6, 6.07) is 75.1. The molecule has 2 aromatic heterocycles. The molecule has 6 nitrogen and oxygen atoms in total. The second-order valence-electron chi connectivity index (χ2n) is 13.9. The van der Waals surface area contributed by atoms with Gasteiger partial charge in [0.2, 0.25) is 11.9 Å². The minimum Gasteiger partial charge on any atom is -0.276 e. The largest absolute Gasteiger partial charge is 0.276 e. The first-order chi connectivity index (χ1) is 28.3. The van der Waals surface area contributed by atoms with E-state index in [-0.39, 0.29) is 0 Å². The van der Waals surface area contributed by atoms with Crippen LogP contribution in [0.1, 0.15) is 11.1 Å². The average molecular weight is 733 g/mol. The van der Waals surface area contributed by atoms with E-state index < -0.39 is 5.66 Å². The lowest BCUT2D eigenvalue weighted by molar-refractivity contribution is 0.542. The molecule has 0 unspecified atom stereocenters. The molecule has 7 aromatic carbocycles. The van der Waals surface area contributed by atoms with Crippen LogP contribution in [0, 0.1) is 0 Å². The molecule has 1 aliphatic rings. The lowest BCUT2D eigenvalue weighted by Crippen LogP contribution is -2.52. The normalized spacial score (nSPS) is 13.0. The van der Waals surface area contributed by atoms with Gasteiger partial charge in [0.1, 0.15) is 0 Å². The standard InChI is InChI=1S/C51H36N6/c1-7-21-37(22-8-1)43-35-44(38-23-9-2-10-24-38)53-49(52-43)56-47-33-19-20-34-48(47)57(51(56,41-29-15-5-16-30-41)42-31-17-6-18-32-42)50-54-45(39-25-11-3-12-26-39)36-46(55-50)40-27-13-4-14-28-40/h1-36H. The van der Waals surface area contributed by atoms with Crippen molar-refractivity contribution in [2.45, 2.75) is 5.66 Å². The van der Waals surface area contributed by atoms with Gasteiger partial charge >= 0.3 is 0 Å². The lowest BCUT2D eigenvalue weighted by Gasteiger charge is -2.45. The molecule has 270 valence electrons. The van der Waals surface area contributed by atoms with E-state index in [1.165, 1.54) is 0 Å². The van der Waals surface area contributed by atoms with Crippen molar-refractivity contribution >= 4 is 23.3 Å². The van der Waals surface area contributed by atoms with E-state index in [0.29, 0.717) is 11.9 Å².